The first-order chi connectivity index (χ1) is 5.16. The number of hydrogen-bond donors (Lipinski definition) is 0. The molecule has 0 radical (unpaired) electrons. The van der Waals surface area contributed by atoms with E-state index in [0.29, 0.717) is 25.6 Å². The fourth-order valence-corrected chi connectivity index (χ4v) is 0.517. The molecule has 11 heavy (non-hydrogen) atoms. The third-order valence-electron chi connectivity index (χ3n) is 1.09. The summed E-state index contributed by atoms with van der Waals surface area (Å²) in [5, 5.41) is 0. The molecule has 0 aliphatic carbocycles. The summed E-state index contributed by atoms with van der Waals surface area (Å²) < 4.78 is 9.61. The van der Waals surface area contributed by atoms with Crippen LogP contribution in [0.4, 0.5) is 0 Å². The fourth-order valence-electron chi connectivity index (χ4n) is 0.517. The van der Waals surface area contributed by atoms with Gasteiger partial charge in [-0.25, -0.2) is 0 Å². The van der Waals surface area contributed by atoms with Gasteiger partial charge < -0.3 is 9.47 Å². The zero-order chi connectivity index (χ0) is 8.69. The molecule has 0 aliphatic heterocycles. The first-order valence-corrected chi connectivity index (χ1v) is 3.81. The molecule has 0 aromatic carbocycles. The summed E-state index contributed by atoms with van der Waals surface area (Å²) in [6, 6.07) is 0. The summed E-state index contributed by atoms with van der Waals surface area (Å²) in [6.07, 6.45) is 0.350. The average molecular weight is 160 g/mol. The number of ether oxygens (including phenoxy) is 2. The van der Waals surface area contributed by atoms with Crippen LogP contribution >= 0.6 is 0 Å². The van der Waals surface area contributed by atoms with Gasteiger partial charge in [-0.2, -0.15) is 0 Å². The van der Waals surface area contributed by atoms with Crippen LogP contribution in [0.15, 0.2) is 0 Å². The summed E-state index contributed by atoms with van der Waals surface area (Å²) in [6.45, 7) is 4.95. The van der Waals surface area contributed by atoms with Crippen LogP contribution in [-0.4, -0.2) is 26.3 Å². The van der Waals surface area contributed by atoms with Gasteiger partial charge in [-0.05, 0) is 5.92 Å². The Morgan fingerprint density at radius 3 is 2.55 bits per heavy atom. The second-order valence-corrected chi connectivity index (χ2v) is 2.82. The molecule has 0 fully saturated rings. The van der Waals surface area contributed by atoms with E-state index < -0.39 is 0 Å². The fraction of sp³-hybridized carbons (Fsp3) is 0.875. The Morgan fingerprint density at radius 2 is 2.09 bits per heavy atom. The predicted octanol–water partition coefficient (Wildman–Crippen LogP) is 1.22. The van der Waals surface area contributed by atoms with E-state index >= 15 is 0 Å². The standard InChI is InChI=1S/C8H16O3/c1-7(2)6-11-8(9)4-5-10-3/h7H,4-6H2,1-3H3. The van der Waals surface area contributed by atoms with E-state index in [1.54, 1.807) is 7.11 Å². The van der Waals surface area contributed by atoms with Crippen molar-refractivity contribution in [2.24, 2.45) is 5.92 Å². The summed E-state index contributed by atoms with van der Waals surface area (Å²) in [5.74, 6) is 0.224. The number of hydrogen-bond acceptors (Lipinski definition) is 3. The van der Waals surface area contributed by atoms with Crippen LogP contribution < -0.4 is 0 Å². The van der Waals surface area contributed by atoms with Gasteiger partial charge in [-0.1, -0.05) is 13.8 Å². The van der Waals surface area contributed by atoms with Gasteiger partial charge in [-0.3, -0.25) is 4.79 Å². The number of carbonyl (C=O) groups excluding carboxylic acids is 1. The minimum atomic E-state index is -0.180. The Labute approximate surface area is 67.7 Å². The smallest absolute Gasteiger partial charge is 0.308 e. The summed E-state index contributed by atoms with van der Waals surface area (Å²) >= 11 is 0. The predicted molar refractivity (Wildman–Crippen MR) is 42.3 cm³/mol. The molecule has 0 aromatic heterocycles. The number of carbonyl (C=O) groups is 1. The molecule has 0 aromatic rings. The number of methoxy groups -OCH3 is 1. The van der Waals surface area contributed by atoms with E-state index in [-0.39, 0.29) is 5.97 Å². The molecule has 66 valence electrons. The molecule has 0 atom stereocenters. The molecular formula is C8H16O3. The van der Waals surface area contributed by atoms with Crippen LogP contribution in [0.1, 0.15) is 20.3 Å². The Hall–Kier alpha value is -0.570. The first-order valence-electron chi connectivity index (χ1n) is 3.81. The van der Waals surface area contributed by atoms with Crippen molar-refractivity contribution in [3.8, 4) is 0 Å². The molecule has 0 saturated carbocycles. The molecule has 3 heteroatoms. The van der Waals surface area contributed by atoms with Gasteiger partial charge in [0.05, 0.1) is 19.6 Å². The van der Waals surface area contributed by atoms with Gasteiger partial charge in [0.1, 0.15) is 0 Å². The van der Waals surface area contributed by atoms with E-state index in [1.165, 1.54) is 0 Å². The van der Waals surface area contributed by atoms with E-state index in [9.17, 15) is 4.79 Å². The Morgan fingerprint density at radius 1 is 1.45 bits per heavy atom. The lowest BCUT2D eigenvalue weighted by atomic mass is 10.2. The van der Waals surface area contributed by atoms with Crippen molar-refractivity contribution in [1.82, 2.24) is 0 Å². The highest BCUT2D eigenvalue weighted by Crippen LogP contribution is 1.94. The van der Waals surface area contributed by atoms with Crippen molar-refractivity contribution in [2.75, 3.05) is 20.3 Å². The Bertz CT molecular complexity index is 110. The average Bonchev–Trinajstić information content (AvgIpc) is 1.97. The third-order valence-corrected chi connectivity index (χ3v) is 1.09. The Balaban J connectivity index is 3.23. The van der Waals surface area contributed by atoms with Crippen molar-refractivity contribution in [3.63, 3.8) is 0 Å². The zero-order valence-electron chi connectivity index (χ0n) is 7.42. The SMILES string of the molecule is COCCC(=O)OCC(C)C. The monoisotopic (exact) mass is 160 g/mol. The van der Waals surface area contributed by atoms with Crippen LogP contribution in [0.2, 0.25) is 0 Å². The molecule has 0 bridgehead atoms. The molecule has 0 N–H and O–H groups in total. The normalized spacial score (nSPS) is 10.2. The highest BCUT2D eigenvalue weighted by atomic mass is 16.5. The van der Waals surface area contributed by atoms with Gasteiger partial charge in [0.2, 0.25) is 0 Å². The van der Waals surface area contributed by atoms with E-state index in [4.69, 9.17) is 9.47 Å². The largest absolute Gasteiger partial charge is 0.465 e. The molecular weight excluding hydrogens is 144 g/mol. The first kappa shape index (κ1) is 10.4. The lowest BCUT2D eigenvalue weighted by molar-refractivity contribution is -0.145. The number of esters is 1. The maximum absolute atomic E-state index is 10.8. The maximum Gasteiger partial charge on any atom is 0.308 e. The van der Waals surface area contributed by atoms with Gasteiger partial charge >= 0.3 is 5.97 Å². The minimum absolute atomic E-state index is 0.180. The maximum atomic E-state index is 10.8. The summed E-state index contributed by atoms with van der Waals surface area (Å²) in [5.41, 5.74) is 0. The Kier molecular flexibility index (Phi) is 5.84. The van der Waals surface area contributed by atoms with E-state index in [2.05, 4.69) is 0 Å². The molecule has 0 saturated heterocycles. The van der Waals surface area contributed by atoms with Crippen LogP contribution in [-0.2, 0) is 14.3 Å². The van der Waals surface area contributed by atoms with Gasteiger partial charge in [0.15, 0.2) is 0 Å². The number of rotatable bonds is 5. The molecule has 0 spiro atoms. The van der Waals surface area contributed by atoms with Crippen LogP contribution in [0.3, 0.4) is 0 Å². The second kappa shape index (κ2) is 6.16. The molecule has 0 amide bonds. The minimum Gasteiger partial charge on any atom is -0.465 e. The highest BCUT2D eigenvalue weighted by Gasteiger charge is 2.02. The lowest BCUT2D eigenvalue weighted by Gasteiger charge is -2.05. The van der Waals surface area contributed by atoms with E-state index in [0.717, 1.165) is 0 Å². The quantitative estimate of drug-likeness (QED) is 0.567. The van der Waals surface area contributed by atoms with Crippen molar-refractivity contribution in [1.29, 1.82) is 0 Å². The van der Waals surface area contributed by atoms with Gasteiger partial charge in [0, 0.05) is 7.11 Å². The second-order valence-electron chi connectivity index (χ2n) is 2.82. The molecule has 0 heterocycles. The van der Waals surface area contributed by atoms with Crippen LogP contribution in [0.5, 0.6) is 0 Å². The topological polar surface area (TPSA) is 35.5 Å². The van der Waals surface area contributed by atoms with Crippen LogP contribution in [0.25, 0.3) is 0 Å². The van der Waals surface area contributed by atoms with Crippen molar-refractivity contribution in [3.05, 3.63) is 0 Å². The highest BCUT2D eigenvalue weighted by molar-refractivity contribution is 5.69. The van der Waals surface area contributed by atoms with Crippen molar-refractivity contribution < 1.29 is 14.3 Å². The molecule has 0 rings (SSSR count). The molecule has 0 aliphatic rings. The van der Waals surface area contributed by atoms with Crippen molar-refractivity contribution in [2.45, 2.75) is 20.3 Å². The van der Waals surface area contributed by atoms with Crippen molar-refractivity contribution >= 4 is 5.97 Å². The van der Waals surface area contributed by atoms with E-state index in [1.807, 2.05) is 13.8 Å². The molecule has 0 unspecified atom stereocenters. The van der Waals surface area contributed by atoms with Gasteiger partial charge in [-0.15, -0.1) is 0 Å². The van der Waals surface area contributed by atoms with Gasteiger partial charge in [0.25, 0.3) is 0 Å². The summed E-state index contributed by atoms with van der Waals surface area (Å²) in [7, 11) is 1.57. The summed E-state index contributed by atoms with van der Waals surface area (Å²) in [4.78, 5) is 10.8. The lowest BCUT2D eigenvalue weighted by Crippen LogP contribution is -2.11. The zero-order valence-corrected chi connectivity index (χ0v) is 7.42. The molecule has 3 nitrogen and oxygen atoms in total. The van der Waals surface area contributed by atoms with Crippen LogP contribution in [0, 0.1) is 5.92 Å². The third kappa shape index (κ3) is 7.33.